The topological polar surface area (TPSA) is 98.7 Å². The summed E-state index contributed by atoms with van der Waals surface area (Å²) in [6.07, 6.45) is 2.10. The third-order valence-corrected chi connectivity index (χ3v) is 6.36. The van der Waals surface area contributed by atoms with Gasteiger partial charge >= 0.3 is 0 Å². The number of methoxy groups -OCH3 is 1. The fraction of sp³-hybridized carbons (Fsp3) is 0.370. The van der Waals surface area contributed by atoms with E-state index in [1.807, 2.05) is 0 Å². The first kappa shape index (κ1) is 25.1. The SMILES string of the molecule is CCN(CC)c1ccc(/C=c2/c(C(C)(C)C)nn3c(-c4cc([N+](=O)[O-])ccc4OC)nnc23)c(C)c1. The van der Waals surface area contributed by atoms with E-state index in [-0.39, 0.29) is 11.1 Å². The Labute approximate surface area is 210 Å². The second kappa shape index (κ2) is 9.56. The van der Waals surface area contributed by atoms with Crippen molar-refractivity contribution in [3.05, 3.63) is 68.6 Å². The van der Waals surface area contributed by atoms with Crippen LogP contribution in [0.1, 0.15) is 51.4 Å². The summed E-state index contributed by atoms with van der Waals surface area (Å²) in [6, 6.07) is 10.9. The molecule has 0 bridgehead atoms. The van der Waals surface area contributed by atoms with Gasteiger partial charge in [-0.05, 0) is 56.2 Å². The molecule has 0 amide bonds. The largest absolute Gasteiger partial charge is 0.496 e. The molecule has 4 aromatic rings. The van der Waals surface area contributed by atoms with Gasteiger partial charge in [-0.15, -0.1) is 10.2 Å². The Balaban J connectivity index is 1.95. The molecule has 0 atom stereocenters. The number of fused-ring (bicyclic) bond motifs is 1. The molecular weight excluding hydrogens is 456 g/mol. The summed E-state index contributed by atoms with van der Waals surface area (Å²) in [5.74, 6) is 0.855. The molecule has 0 aliphatic heterocycles. The molecule has 2 aromatic heterocycles. The van der Waals surface area contributed by atoms with Crippen LogP contribution in [-0.2, 0) is 5.41 Å². The summed E-state index contributed by atoms with van der Waals surface area (Å²) in [4.78, 5) is 13.3. The number of nitro benzene ring substituents is 1. The molecule has 0 N–H and O–H groups in total. The van der Waals surface area contributed by atoms with Gasteiger partial charge in [0.2, 0.25) is 0 Å². The number of hydrogen-bond acceptors (Lipinski definition) is 7. The van der Waals surface area contributed by atoms with Crippen LogP contribution < -0.4 is 14.9 Å². The van der Waals surface area contributed by atoms with E-state index in [1.165, 1.54) is 24.9 Å². The van der Waals surface area contributed by atoms with E-state index in [2.05, 4.69) is 80.9 Å². The number of aryl methyl sites for hydroxylation is 1. The van der Waals surface area contributed by atoms with Crippen molar-refractivity contribution in [2.24, 2.45) is 0 Å². The molecule has 0 fully saturated rings. The first-order valence-corrected chi connectivity index (χ1v) is 12.0. The van der Waals surface area contributed by atoms with Crippen LogP contribution in [0.3, 0.4) is 0 Å². The third kappa shape index (κ3) is 4.48. The summed E-state index contributed by atoms with van der Waals surface area (Å²) in [5.41, 5.74) is 5.01. The molecule has 0 saturated carbocycles. The van der Waals surface area contributed by atoms with Crippen LogP contribution in [0.25, 0.3) is 23.1 Å². The van der Waals surface area contributed by atoms with Crippen LogP contribution in [0.15, 0.2) is 36.4 Å². The maximum Gasteiger partial charge on any atom is 0.270 e. The number of nitro groups is 1. The average molecular weight is 489 g/mol. The molecule has 2 heterocycles. The van der Waals surface area contributed by atoms with E-state index in [0.717, 1.165) is 35.1 Å². The van der Waals surface area contributed by atoms with Gasteiger partial charge < -0.3 is 9.64 Å². The minimum Gasteiger partial charge on any atom is -0.496 e. The van der Waals surface area contributed by atoms with Crippen LogP contribution in [0.5, 0.6) is 5.75 Å². The van der Waals surface area contributed by atoms with Crippen molar-refractivity contribution in [2.45, 2.75) is 47.0 Å². The van der Waals surface area contributed by atoms with Crippen molar-refractivity contribution in [3.63, 3.8) is 0 Å². The Kier molecular flexibility index (Phi) is 6.67. The van der Waals surface area contributed by atoms with Crippen LogP contribution in [0.2, 0.25) is 0 Å². The molecule has 0 aliphatic rings. The summed E-state index contributed by atoms with van der Waals surface area (Å²) >= 11 is 0. The molecule has 0 unspecified atom stereocenters. The van der Waals surface area contributed by atoms with E-state index in [1.54, 1.807) is 10.6 Å². The van der Waals surface area contributed by atoms with E-state index >= 15 is 0 Å². The Hall–Kier alpha value is -4.01. The summed E-state index contributed by atoms with van der Waals surface area (Å²) in [5, 5.41) is 26.0. The predicted molar refractivity (Wildman–Crippen MR) is 142 cm³/mol. The number of hydrogen-bond donors (Lipinski definition) is 0. The standard InChI is InChI=1S/C27H32N6O3/c1-8-31(9-2)19-11-10-18(17(3)14-19)15-22-24(27(4,5)6)30-32-25(28-29-26(22)32)21-16-20(33(34)35)12-13-23(21)36-7/h10-16H,8-9H2,1-7H3/b22-15-. The summed E-state index contributed by atoms with van der Waals surface area (Å²) in [7, 11) is 1.52. The van der Waals surface area contributed by atoms with Gasteiger partial charge in [0, 0.05) is 41.5 Å². The first-order valence-electron chi connectivity index (χ1n) is 12.0. The molecule has 0 aliphatic carbocycles. The number of rotatable bonds is 7. The molecule has 9 nitrogen and oxygen atoms in total. The smallest absolute Gasteiger partial charge is 0.270 e. The predicted octanol–water partition coefficient (Wildman–Crippen LogP) is 4.71. The third-order valence-electron chi connectivity index (χ3n) is 6.36. The lowest BCUT2D eigenvalue weighted by molar-refractivity contribution is -0.384. The monoisotopic (exact) mass is 488 g/mol. The lowest BCUT2D eigenvalue weighted by atomic mass is 9.90. The van der Waals surface area contributed by atoms with Gasteiger partial charge in [0.15, 0.2) is 11.5 Å². The van der Waals surface area contributed by atoms with Crippen LogP contribution in [0.4, 0.5) is 11.4 Å². The van der Waals surface area contributed by atoms with Crippen molar-refractivity contribution in [3.8, 4) is 17.1 Å². The quantitative estimate of drug-likeness (QED) is 0.274. The van der Waals surface area contributed by atoms with Gasteiger partial charge in [-0.25, -0.2) is 0 Å². The maximum absolute atomic E-state index is 11.4. The Morgan fingerprint density at radius 2 is 1.83 bits per heavy atom. The van der Waals surface area contributed by atoms with E-state index in [0.29, 0.717) is 22.8 Å². The van der Waals surface area contributed by atoms with Crippen LogP contribution in [0, 0.1) is 17.0 Å². The number of nitrogens with zero attached hydrogens (tertiary/aromatic N) is 6. The normalized spacial score (nSPS) is 12.4. The highest BCUT2D eigenvalue weighted by Crippen LogP contribution is 2.32. The van der Waals surface area contributed by atoms with Gasteiger partial charge in [0.05, 0.1) is 23.3 Å². The highest BCUT2D eigenvalue weighted by atomic mass is 16.6. The second-order valence-electron chi connectivity index (χ2n) is 9.77. The molecule has 0 saturated heterocycles. The fourth-order valence-electron chi connectivity index (χ4n) is 4.40. The van der Waals surface area contributed by atoms with Crippen molar-refractivity contribution in [2.75, 3.05) is 25.1 Å². The van der Waals surface area contributed by atoms with Crippen molar-refractivity contribution >= 4 is 23.1 Å². The van der Waals surface area contributed by atoms with Gasteiger partial charge in [-0.2, -0.15) is 9.61 Å². The molecule has 9 heteroatoms. The lowest BCUT2D eigenvalue weighted by Gasteiger charge is -2.22. The maximum atomic E-state index is 11.4. The van der Waals surface area contributed by atoms with Crippen molar-refractivity contribution in [1.29, 1.82) is 0 Å². The van der Waals surface area contributed by atoms with Gasteiger partial charge in [0.1, 0.15) is 5.75 Å². The van der Waals surface area contributed by atoms with E-state index in [4.69, 9.17) is 9.84 Å². The number of benzene rings is 2. The van der Waals surface area contributed by atoms with Gasteiger partial charge in [-0.3, -0.25) is 10.1 Å². The molecule has 0 radical (unpaired) electrons. The average Bonchev–Trinajstić information content (AvgIpc) is 3.41. The number of ether oxygens (including phenoxy) is 1. The second-order valence-corrected chi connectivity index (χ2v) is 9.77. The number of anilines is 1. The number of aromatic nitrogens is 4. The van der Waals surface area contributed by atoms with Crippen LogP contribution in [-0.4, -0.2) is 44.9 Å². The molecule has 2 aromatic carbocycles. The summed E-state index contributed by atoms with van der Waals surface area (Å²) < 4.78 is 7.13. The molecule has 0 spiro atoms. The first-order chi connectivity index (χ1) is 17.1. The van der Waals surface area contributed by atoms with Crippen molar-refractivity contribution in [1.82, 2.24) is 19.8 Å². The van der Waals surface area contributed by atoms with Gasteiger partial charge in [-0.1, -0.05) is 26.8 Å². The van der Waals surface area contributed by atoms with Gasteiger partial charge in [0.25, 0.3) is 5.69 Å². The van der Waals surface area contributed by atoms with Crippen molar-refractivity contribution < 1.29 is 9.66 Å². The number of non-ortho nitro benzene ring substituents is 1. The minimum absolute atomic E-state index is 0.0548. The minimum atomic E-state index is -0.440. The molecule has 4 rings (SSSR count). The highest BCUT2D eigenvalue weighted by Gasteiger charge is 2.26. The zero-order chi connectivity index (χ0) is 26.2. The molecular formula is C27H32N6O3. The molecule has 36 heavy (non-hydrogen) atoms. The Bertz CT molecular complexity index is 1480. The Morgan fingerprint density at radius 3 is 2.42 bits per heavy atom. The highest BCUT2D eigenvalue weighted by molar-refractivity contribution is 5.71. The lowest BCUT2D eigenvalue weighted by Crippen LogP contribution is -2.22. The zero-order valence-electron chi connectivity index (χ0n) is 21.9. The summed E-state index contributed by atoms with van der Waals surface area (Å²) in [6.45, 7) is 14.6. The zero-order valence-corrected chi connectivity index (χ0v) is 21.9. The fourth-order valence-corrected chi connectivity index (χ4v) is 4.40. The van der Waals surface area contributed by atoms with E-state index < -0.39 is 4.92 Å². The Morgan fingerprint density at radius 1 is 1.11 bits per heavy atom. The van der Waals surface area contributed by atoms with E-state index in [9.17, 15) is 10.1 Å². The molecule has 188 valence electrons. The van der Waals surface area contributed by atoms with Crippen LogP contribution >= 0.6 is 0 Å².